The fraction of sp³-hybridized carbons (Fsp3) is 0.889. The van der Waals surface area contributed by atoms with Crippen LogP contribution in [0.15, 0.2) is 0 Å². The number of ether oxygens (including phenoxy) is 2. The predicted octanol–water partition coefficient (Wildman–Crippen LogP) is -0.0949. The molecule has 3 atom stereocenters. The van der Waals surface area contributed by atoms with Crippen LogP contribution in [0, 0.1) is 0 Å². The number of rotatable bonds is 1. The third-order valence-electron chi connectivity index (χ3n) is 2.73. The van der Waals surface area contributed by atoms with E-state index in [-0.39, 0.29) is 12.2 Å². The second-order valence-electron chi connectivity index (χ2n) is 4.36. The van der Waals surface area contributed by atoms with Crippen LogP contribution in [0.3, 0.4) is 0 Å². The number of likely N-dealkylation sites (tertiary alicyclic amines) is 1. The van der Waals surface area contributed by atoms with Gasteiger partial charge in [0.25, 0.3) is 0 Å². The maximum Gasteiger partial charge on any atom is 0.323 e. The van der Waals surface area contributed by atoms with E-state index in [1.807, 2.05) is 13.8 Å². The highest BCUT2D eigenvalue weighted by Crippen LogP contribution is 2.35. The first-order valence-electron chi connectivity index (χ1n) is 4.69. The van der Waals surface area contributed by atoms with Crippen LogP contribution >= 0.6 is 0 Å². The van der Waals surface area contributed by atoms with Gasteiger partial charge in [-0.25, -0.2) is 0 Å². The predicted molar refractivity (Wildman–Crippen MR) is 47.9 cm³/mol. The lowest BCUT2D eigenvalue weighted by atomic mass is 10.1. The molecule has 0 bridgehead atoms. The molecule has 1 N–H and O–H groups in total. The van der Waals surface area contributed by atoms with E-state index in [9.17, 15) is 4.79 Å². The summed E-state index contributed by atoms with van der Waals surface area (Å²) in [5.74, 6) is -1.49. The average molecular weight is 201 g/mol. The zero-order chi connectivity index (χ0) is 10.5. The van der Waals surface area contributed by atoms with E-state index in [4.69, 9.17) is 14.6 Å². The number of carboxylic acids is 1. The van der Waals surface area contributed by atoms with Gasteiger partial charge in [-0.3, -0.25) is 9.69 Å². The smallest absolute Gasteiger partial charge is 0.323 e. The molecule has 0 radical (unpaired) electrons. The molecule has 80 valence electrons. The Hall–Kier alpha value is -0.650. The lowest BCUT2D eigenvalue weighted by molar-refractivity contribution is -0.168. The zero-order valence-electron chi connectivity index (χ0n) is 8.56. The molecule has 0 aromatic rings. The van der Waals surface area contributed by atoms with Crippen LogP contribution in [0.1, 0.15) is 13.8 Å². The van der Waals surface area contributed by atoms with Gasteiger partial charge in [0, 0.05) is 6.54 Å². The highest BCUT2D eigenvalue weighted by Gasteiger charge is 2.54. The van der Waals surface area contributed by atoms with Gasteiger partial charge in [-0.15, -0.1) is 0 Å². The summed E-state index contributed by atoms with van der Waals surface area (Å²) in [5.41, 5.74) is 0. The molecule has 2 aliphatic heterocycles. The van der Waals surface area contributed by atoms with Gasteiger partial charge in [0.05, 0.1) is 0 Å². The third kappa shape index (κ3) is 1.41. The van der Waals surface area contributed by atoms with Crippen LogP contribution in [0.2, 0.25) is 0 Å². The van der Waals surface area contributed by atoms with Crippen LogP contribution in [-0.2, 0) is 14.3 Å². The number of hydrogen-bond acceptors (Lipinski definition) is 4. The molecule has 0 amide bonds. The van der Waals surface area contributed by atoms with Gasteiger partial charge < -0.3 is 14.6 Å². The summed E-state index contributed by atoms with van der Waals surface area (Å²) >= 11 is 0. The van der Waals surface area contributed by atoms with E-state index in [1.54, 1.807) is 11.9 Å². The zero-order valence-corrected chi connectivity index (χ0v) is 8.56. The van der Waals surface area contributed by atoms with Gasteiger partial charge in [0.1, 0.15) is 18.2 Å². The number of aliphatic carboxylic acids is 1. The lowest BCUT2D eigenvalue weighted by Crippen LogP contribution is -2.42. The molecule has 2 rings (SSSR count). The SMILES string of the molecule is CN1C[C@@H]2OC(C)(C)O[C@@H]2[C@H]1C(=O)O. The molecule has 5 nitrogen and oxygen atoms in total. The standard InChI is InChI=1S/C9H15NO4/c1-9(2)13-5-4-10(3)6(8(11)12)7(5)14-9/h5-7H,4H2,1-3H3,(H,11,12)/t5-,6-,7-/m0/s1. The van der Waals surface area contributed by atoms with Gasteiger partial charge in [0.2, 0.25) is 0 Å². The molecule has 5 heteroatoms. The Bertz CT molecular complexity index is 266. The van der Waals surface area contributed by atoms with Crippen LogP contribution in [0.5, 0.6) is 0 Å². The first-order valence-corrected chi connectivity index (χ1v) is 4.69. The van der Waals surface area contributed by atoms with Crippen molar-refractivity contribution in [3.8, 4) is 0 Å². The number of nitrogens with zero attached hydrogens (tertiary/aromatic N) is 1. The van der Waals surface area contributed by atoms with Crippen molar-refractivity contribution in [3.05, 3.63) is 0 Å². The van der Waals surface area contributed by atoms with Gasteiger partial charge >= 0.3 is 5.97 Å². The van der Waals surface area contributed by atoms with Crippen molar-refractivity contribution in [2.45, 2.75) is 37.9 Å². The minimum Gasteiger partial charge on any atom is -0.480 e. The minimum absolute atomic E-state index is 0.115. The summed E-state index contributed by atoms with van der Waals surface area (Å²) in [4.78, 5) is 12.7. The molecule has 0 aromatic heterocycles. The van der Waals surface area contributed by atoms with Crippen LogP contribution in [0.25, 0.3) is 0 Å². The second-order valence-corrected chi connectivity index (χ2v) is 4.36. The molecule has 2 aliphatic rings. The molecule has 0 unspecified atom stereocenters. The van der Waals surface area contributed by atoms with Crippen molar-refractivity contribution < 1.29 is 19.4 Å². The van der Waals surface area contributed by atoms with E-state index in [0.29, 0.717) is 6.54 Å². The highest BCUT2D eigenvalue weighted by molar-refractivity contribution is 5.75. The molecular weight excluding hydrogens is 186 g/mol. The van der Waals surface area contributed by atoms with Crippen LogP contribution < -0.4 is 0 Å². The first kappa shape index (κ1) is 9.89. The molecule has 0 spiro atoms. The quantitative estimate of drug-likeness (QED) is 0.642. The Kier molecular flexibility index (Phi) is 2.06. The summed E-state index contributed by atoms with van der Waals surface area (Å²) < 4.78 is 11.2. The fourth-order valence-electron chi connectivity index (χ4n) is 2.25. The largest absolute Gasteiger partial charge is 0.480 e. The van der Waals surface area contributed by atoms with E-state index < -0.39 is 17.8 Å². The number of fused-ring (bicyclic) bond motifs is 1. The number of hydrogen-bond donors (Lipinski definition) is 1. The molecule has 0 aliphatic carbocycles. The maximum atomic E-state index is 11.0. The van der Waals surface area contributed by atoms with E-state index in [1.165, 1.54) is 0 Å². The monoisotopic (exact) mass is 201 g/mol. The van der Waals surface area contributed by atoms with Crippen molar-refractivity contribution in [3.63, 3.8) is 0 Å². The summed E-state index contributed by atoms with van der Waals surface area (Å²) in [6.45, 7) is 4.24. The summed E-state index contributed by atoms with van der Waals surface area (Å²) in [6, 6.07) is -0.582. The Labute approximate surface area is 82.6 Å². The molecule has 0 aromatic carbocycles. The van der Waals surface area contributed by atoms with Crippen molar-refractivity contribution in [1.29, 1.82) is 0 Å². The van der Waals surface area contributed by atoms with E-state index in [0.717, 1.165) is 0 Å². The maximum absolute atomic E-state index is 11.0. The van der Waals surface area contributed by atoms with Gasteiger partial charge in [-0.1, -0.05) is 0 Å². The summed E-state index contributed by atoms with van der Waals surface area (Å²) in [6.07, 6.45) is -0.455. The van der Waals surface area contributed by atoms with Crippen molar-refractivity contribution in [2.24, 2.45) is 0 Å². The Morgan fingerprint density at radius 1 is 1.50 bits per heavy atom. The number of carbonyl (C=O) groups is 1. The molecule has 2 fully saturated rings. The highest BCUT2D eigenvalue weighted by atomic mass is 16.8. The van der Waals surface area contributed by atoms with Crippen molar-refractivity contribution in [1.82, 2.24) is 4.90 Å². The summed E-state index contributed by atoms with van der Waals surface area (Å²) in [5, 5.41) is 9.02. The minimum atomic E-state index is -0.846. The second kappa shape index (κ2) is 2.92. The van der Waals surface area contributed by atoms with Gasteiger partial charge in [0.15, 0.2) is 5.79 Å². The fourth-order valence-corrected chi connectivity index (χ4v) is 2.25. The van der Waals surface area contributed by atoms with Gasteiger partial charge in [-0.2, -0.15) is 0 Å². The van der Waals surface area contributed by atoms with Crippen LogP contribution in [0.4, 0.5) is 0 Å². The van der Waals surface area contributed by atoms with Crippen molar-refractivity contribution >= 4 is 5.97 Å². The lowest BCUT2D eigenvalue weighted by Gasteiger charge is -2.24. The Morgan fingerprint density at radius 2 is 2.14 bits per heavy atom. The Morgan fingerprint density at radius 3 is 2.71 bits per heavy atom. The topological polar surface area (TPSA) is 59.0 Å². The average Bonchev–Trinajstić information content (AvgIpc) is 2.37. The van der Waals surface area contributed by atoms with E-state index >= 15 is 0 Å². The summed E-state index contributed by atoms with van der Waals surface area (Å²) in [7, 11) is 1.77. The molecular formula is C9H15NO4. The van der Waals surface area contributed by atoms with Crippen LogP contribution in [-0.4, -0.2) is 53.6 Å². The molecule has 2 saturated heterocycles. The molecule has 2 heterocycles. The molecule has 0 saturated carbocycles. The van der Waals surface area contributed by atoms with E-state index in [2.05, 4.69) is 0 Å². The number of carboxylic acid groups (broad SMARTS) is 1. The molecule has 14 heavy (non-hydrogen) atoms. The van der Waals surface area contributed by atoms with Crippen molar-refractivity contribution in [2.75, 3.05) is 13.6 Å². The normalized spacial score (nSPS) is 41.2. The third-order valence-corrected chi connectivity index (χ3v) is 2.73. The first-order chi connectivity index (χ1) is 6.41. The van der Waals surface area contributed by atoms with Gasteiger partial charge in [-0.05, 0) is 20.9 Å². The Balaban J connectivity index is 2.18. The number of likely N-dealkylation sites (N-methyl/N-ethyl adjacent to an activating group) is 1.